The van der Waals surface area contributed by atoms with Crippen molar-refractivity contribution in [3.63, 3.8) is 0 Å². The molecule has 0 aliphatic carbocycles. The number of benzene rings is 1. The first-order chi connectivity index (χ1) is 14.5. The number of aromatic amines is 1. The second-order valence-corrected chi connectivity index (χ2v) is 7.50. The van der Waals surface area contributed by atoms with Crippen molar-refractivity contribution in [2.24, 2.45) is 5.92 Å². The number of fused-ring (bicyclic) bond motifs is 1. The highest BCUT2D eigenvalue weighted by molar-refractivity contribution is 5.96. The van der Waals surface area contributed by atoms with Crippen LogP contribution in [0.3, 0.4) is 0 Å². The molecule has 0 saturated carbocycles. The Balaban J connectivity index is 1.70. The van der Waals surface area contributed by atoms with E-state index < -0.39 is 18.0 Å². The Bertz CT molecular complexity index is 986. The Morgan fingerprint density at radius 2 is 1.90 bits per heavy atom. The van der Waals surface area contributed by atoms with E-state index in [9.17, 15) is 14.7 Å². The van der Waals surface area contributed by atoms with Crippen LogP contribution in [0, 0.1) is 5.92 Å². The van der Waals surface area contributed by atoms with Crippen LogP contribution in [0.5, 0.6) is 0 Å². The molecule has 0 aliphatic rings. The van der Waals surface area contributed by atoms with Crippen LogP contribution < -0.4 is 10.6 Å². The monoisotopic (exact) mass is 408 g/mol. The molecule has 0 unspecified atom stereocenters. The molecule has 2 heterocycles. The topological polar surface area (TPSA) is 107 Å². The molecule has 3 rings (SSSR count). The summed E-state index contributed by atoms with van der Waals surface area (Å²) in [6, 6.07) is 11.8. The number of carbonyl (C=O) groups excluding carboxylic acids is 2. The Morgan fingerprint density at radius 1 is 1.13 bits per heavy atom. The Kier molecular flexibility index (Phi) is 7.19. The van der Waals surface area contributed by atoms with Gasteiger partial charge in [-0.3, -0.25) is 14.6 Å². The zero-order chi connectivity index (χ0) is 21.5. The number of para-hydroxylation sites is 1. The maximum absolute atomic E-state index is 13.0. The van der Waals surface area contributed by atoms with E-state index in [0.717, 1.165) is 16.5 Å². The first kappa shape index (κ1) is 21.5. The fraction of sp³-hybridized carbons (Fsp3) is 0.348. The van der Waals surface area contributed by atoms with Crippen LogP contribution in [0.4, 0.5) is 0 Å². The predicted molar refractivity (Wildman–Crippen MR) is 116 cm³/mol. The van der Waals surface area contributed by atoms with E-state index in [2.05, 4.69) is 20.6 Å². The number of carbonyl (C=O) groups is 2. The molecule has 158 valence electrons. The highest BCUT2D eigenvalue weighted by Gasteiger charge is 2.28. The number of hydrogen-bond donors (Lipinski definition) is 4. The molecular formula is C23H28N4O3. The third-order valence-corrected chi connectivity index (χ3v) is 5.39. The maximum Gasteiger partial charge on any atom is 0.270 e. The highest BCUT2D eigenvalue weighted by Crippen LogP contribution is 2.19. The van der Waals surface area contributed by atoms with E-state index >= 15 is 0 Å². The summed E-state index contributed by atoms with van der Waals surface area (Å²) in [6.07, 6.45) is 4.63. The van der Waals surface area contributed by atoms with E-state index in [1.54, 1.807) is 18.2 Å². The minimum absolute atomic E-state index is 0.0786. The minimum Gasteiger partial charge on any atom is -0.394 e. The lowest BCUT2D eigenvalue weighted by Gasteiger charge is -2.26. The fourth-order valence-electron chi connectivity index (χ4n) is 3.43. The summed E-state index contributed by atoms with van der Waals surface area (Å²) < 4.78 is 0. The van der Waals surface area contributed by atoms with Crippen molar-refractivity contribution in [1.82, 2.24) is 20.6 Å². The number of aromatic nitrogens is 2. The molecule has 2 aromatic heterocycles. The van der Waals surface area contributed by atoms with Crippen molar-refractivity contribution in [2.45, 2.75) is 38.8 Å². The van der Waals surface area contributed by atoms with Gasteiger partial charge in [0.2, 0.25) is 5.91 Å². The van der Waals surface area contributed by atoms with E-state index in [0.29, 0.717) is 12.8 Å². The third-order valence-electron chi connectivity index (χ3n) is 5.39. The normalized spacial score (nSPS) is 14.1. The molecule has 7 heteroatoms. The maximum atomic E-state index is 13.0. The number of nitrogens with zero attached hydrogens (tertiary/aromatic N) is 1. The van der Waals surface area contributed by atoms with Crippen molar-refractivity contribution in [1.29, 1.82) is 0 Å². The van der Waals surface area contributed by atoms with E-state index in [1.807, 2.05) is 44.3 Å². The standard InChI is InChI=1S/C23H28N4O3/c1-3-15(2)21(27-22(29)20-10-6-7-11-24-20)23(30)26-17(14-28)12-16-13-25-19-9-5-4-8-18(16)19/h4-11,13,15,17,21,25,28H,3,12,14H2,1-2H3,(H,26,30)(H,27,29)/t15-,17-,21-/m0/s1. The molecule has 30 heavy (non-hydrogen) atoms. The van der Waals surface area contributed by atoms with E-state index in [4.69, 9.17) is 0 Å². The van der Waals surface area contributed by atoms with Gasteiger partial charge in [0.25, 0.3) is 5.91 Å². The predicted octanol–water partition coefficient (Wildman–Crippen LogP) is 2.43. The largest absolute Gasteiger partial charge is 0.394 e. The summed E-state index contributed by atoms with van der Waals surface area (Å²) in [5.41, 5.74) is 2.29. The highest BCUT2D eigenvalue weighted by atomic mass is 16.3. The summed E-state index contributed by atoms with van der Waals surface area (Å²) in [5, 5.41) is 16.6. The van der Waals surface area contributed by atoms with Gasteiger partial charge in [-0.05, 0) is 36.1 Å². The molecule has 0 saturated heterocycles. The van der Waals surface area contributed by atoms with Crippen LogP contribution in [0.15, 0.2) is 54.9 Å². The first-order valence-corrected chi connectivity index (χ1v) is 10.2. The number of amides is 2. The molecule has 0 radical (unpaired) electrons. The zero-order valence-electron chi connectivity index (χ0n) is 17.3. The quantitative estimate of drug-likeness (QED) is 0.436. The zero-order valence-corrected chi connectivity index (χ0v) is 17.3. The van der Waals surface area contributed by atoms with Crippen molar-refractivity contribution in [2.75, 3.05) is 6.61 Å². The van der Waals surface area contributed by atoms with Crippen molar-refractivity contribution < 1.29 is 14.7 Å². The van der Waals surface area contributed by atoms with Gasteiger partial charge in [-0.25, -0.2) is 0 Å². The molecule has 0 aliphatic heterocycles. The number of rotatable bonds is 9. The number of nitrogens with one attached hydrogen (secondary N) is 3. The lowest BCUT2D eigenvalue weighted by molar-refractivity contribution is -0.125. The van der Waals surface area contributed by atoms with Crippen LogP contribution in [-0.4, -0.2) is 45.6 Å². The van der Waals surface area contributed by atoms with Gasteiger partial charge in [0.05, 0.1) is 12.6 Å². The molecule has 0 spiro atoms. The van der Waals surface area contributed by atoms with Crippen LogP contribution in [0.25, 0.3) is 10.9 Å². The summed E-state index contributed by atoms with van der Waals surface area (Å²) in [6.45, 7) is 3.68. The summed E-state index contributed by atoms with van der Waals surface area (Å²) in [7, 11) is 0. The van der Waals surface area contributed by atoms with E-state index in [1.165, 1.54) is 6.20 Å². The van der Waals surface area contributed by atoms with Gasteiger partial charge in [-0.2, -0.15) is 0 Å². The molecule has 0 fully saturated rings. The number of H-pyrrole nitrogens is 1. The molecule has 7 nitrogen and oxygen atoms in total. The van der Waals surface area contributed by atoms with Crippen LogP contribution in [0.2, 0.25) is 0 Å². The fourth-order valence-corrected chi connectivity index (χ4v) is 3.43. The average Bonchev–Trinajstić information content (AvgIpc) is 3.19. The Labute approximate surface area is 175 Å². The number of aliphatic hydroxyl groups excluding tert-OH is 1. The summed E-state index contributed by atoms with van der Waals surface area (Å²) >= 11 is 0. The molecular weight excluding hydrogens is 380 g/mol. The van der Waals surface area contributed by atoms with Gasteiger partial charge < -0.3 is 20.7 Å². The van der Waals surface area contributed by atoms with Crippen LogP contribution >= 0.6 is 0 Å². The lowest BCUT2D eigenvalue weighted by Crippen LogP contribution is -2.53. The van der Waals surface area contributed by atoms with Gasteiger partial charge >= 0.3 is 0 Å². The molecule has 3 aromatic rings. The lowest BCUT2D eigenvalue weighted by atomic mass is 9.97. The smallest absolute Gasteiger partial charge is 0.270 e. The van der Waals surface area contributed by atoms with Crippen molar-refractivity contribution in [3.8, 4) is 0 Å². The van der Waals surface area contributed by atoms with Gasteiger partial charge in [0.1, 0.15) is 11.7 Å². The average molecular weight is 409 g/mol. The molecule has 0 bridgehead atoms. The Morgan fingerprint density at radius 3 is 2.60 bits per heavy atom. The molecule has 2 amide bonds. The second kappa shape index (κ2) is 10.0. The van der Waals surface area contributed by atoms with Gasteiger partial charge in [0, 0.05) is 23.3 Å². The van der Waals surface area contributed by atoms with Gasteiger partial charge in [-0.1, -0.05) is 44.5 Å². The third kappa shape index (κ3) is 5.04. The number of hydrogen-bond acceptors (Lipinski definition) is 4. The first-order valence-electron chi connectivity index (χ1n) is 10.2. The van der Waals surface area contributed by atoms with Gasteiger partial charge in [-0.15, -0.1) is 0 Å². The van der Waals surface area contributed by atoms with Crippen LogP contribution in [-0.2, 0) is 11.2 Å². The van der Waals surface area contributed by atoms with Crippen LogP contribution in [0.1, 0.15) is 36.3 Å². The summed E-state index contributed by atoms with van der Waals surface area (Å²) in [4.78, 5) is 32.8. The SMILES string of the molecule is CC[C@H](C)[C@H](NC(=O)c1ccccn1)C(=O)N[C@H](CO)Cc1c[nH]c2ccccc12. The molecule has 4 N–H and O–H groups in total. The number of aliphatic hydroxyl groups is 1. The van der Waals surface area contributed by atoms with Gasteiger partial charge in [0.15, 0.2) is 0 Å². The number of pyridine rings is 1. The van der Waals surface area contributed by atoms with Crippen molar-refractivity contribution in [3.05, 3.63) is 66.1 Å². The van der Waals surface area contributed by atoms with Crippen molar-refractivity contribution >= 4 is 22.7 Å². The molecule has 1 aromatic carbocycles. The second-order valence-electron chi connectivity index (χ2n) is 7.50. The molecule has 3 atom stereocenters. The minimum atomic E-state index is -0.721. The summed E-state index contributed by atoms with van der Waals surface area (Å²) in [5.74, 6) is -0.786. The van der Waals surface area contributed by atoms with E-state index in [-0.39, 0.29) is 24.1 Å². The Hall–Kier alpha value is -3.19.